The van der Waals surface area contributed by atoms with Crippen LogP contribution in [0.5, 0.6) is 5.75 Å². The highest BCUT2D eigenvalue weighted by Crippen LogP contribution is 2.32. The number of sulfonamides is 1. The first kappa shape index (κ1) is 27.2. The first-order chi connectivity index (χ1) is 16.9. The van der Waals surface area contributed by atoms with Crippen molar-refractivity contribution in [1.82, 2.24) is 5.32 Å². The van der Waals surface area contributed by atoms with Gasteiger partial charge in [-0.05, 0) is 79.8 Å². The fourth-order valence-electron chi connectivity index (χ4n) is 4.10. The number of para-hydroxylation sites is 1. The summed E-state index contributed by atoms with van der Waals surface area (Å²) in [5.74, 6) is -0.303. The van der Waals surface area contributed by atoms with E-state index in [0.29, 0.717) is 0 Å². The molecule has 1 atom stereocenters. The molecule has 0 fully saturated rings. The molecule has 0 unspecified atom stereocenters. The number of anilines is 1. The van der Waals surface area contributed by atoms with E-state index in [2.05, 4.69) is 19.2 Å². The second-order valence-electron chi connectivity index (χ2n) is 9.17. The lowest BCUT2D eigenvalue weighted by Crippen LogP contribution is -2.42. The molecule has 3 aromatic carbocycles. The SMILES string of the molecule is COc1cc(C)c([C@H](C)NC(=O)CN(c2ccccc2F)S(=O)(=O)c2ccc(C)cc2)cc1C(C)C. The number of carbonyl (C=O) groups is 1. The zero-order valence-electron chi connectivity index (χ0n) is 21.5. The molecule has 0 aliphatic rings. The number of carbonyl (C=O) groups excluding carboxylic acids is 1. The molecule has 0 radical (unpaired) electrons. The molecule has 0 heterocycles. The summed E-state index contributed by atoms with van der Waals surface area (Å²) in [5.41, 5.74) is 3.53. The Morgan fingerprint density at radius 3 is 2.22 bits per heavy atom. The lowest BCUT2D eigenvalue weighted by atomic mass is 9.93. The summed E-state index contributed by atoms with van der Waals surface area (Å²) >= 11 is 0. The molecule has 3 aromatic rings. The van der Waals surface area contributed by atoms with Crippen molar-refractivity contribution in [1.29, 1.82) is 0 Å². The minimum Gasteiger partial charge on any atom is -0.496 e. The molecular weight excluding hydrogens is 479 g/mol. The van der Waals surface area contributed by atoms with Gasteiger partial charge in [-0.15, -0.1) is 0 Å². The first-order valence-electron chi connectivity index (χ1n) is 11.8. The highest BCUT2D eigenvalue weighted by atomic mass is 32.2. The fourth-order valence-corrected chi connectivity index (χ4v) is 5.53. The van der Waals surface area contributed by atoms with Crippen LogP contribution in [-0.4, -0.2) is 28.0 Å². The summed E-state index contributed by atoms with van der Waals surface area (Å²) in [7, 11) is -2.59. The molecule has 1 amide bonds. The second-order valence-corrected chi connectivity index (χ2v) is 11.0. The van der Waals surface area contributed by atoms with Crippen LogP contribution in [0.4, 0.5) is 10.1 Å². The van der Waals surface area contributed by atoms with Crippen molar-refractivity contribution < 1.29 is 22.3 Å². The summed E-state index contributed by atoms with van der Waals surface area (Å²) < 4.78 is 48.0. The monoisotopic (exact) mass is 512 g/mol. The number of nitrogens with one attached hydrogen (secondary N) is 1. The predicted molar refractivity (Wildman–Crippen MR) is 140 cm³/mol. The van der Waals surface area contributed by atoms with Gasteiger partial charge in [0, 0.05) is 0 Å². The largest absolute Gasteiger partial charge is 0.496 e. The Labute approximate surface area is 213 Å². The second kappa shape index (κ2) is 11.1. The van der Waals surface area contributed by atoms with Crippen molar-refractivity contribution in [2.24, 2.45) is 0 Å². The molecule has 8 heteroatoms. The molecule has 0 spiro atoms. The van der Waals surface area contributed by atoms with Crippen molar-refractivity contribution >= 4 is 21.6 Å². The number of aryl methyl sites for hydroxylation is 2. The molecular formula is C28H33FN2O4S. The van der Waals surface area contributed by atoms with E-state index >= 15 is 0 Å². The minimum atomic E-state index is -4.21. The number of methoxy groups -OCH3 is 1. The molecule has 192 valence electrons. The summed E-state index contributed by atoms with van der Waals surface area (Å²) in [6.07, 6.45) is 0. The molecule has 6 nitrogen and oxygen atoms in total. The number of amides is 1. The van der Waals surface area contributed by atoms with Crippen LogP contribution in [0, 0.1) is 19.7 Å². The topological polar surface area (TPSA) is 75.7 Å². The summed E-state index contributed by atoms with van der Waals surface area (Å²) in [6.45, 7) is 9.14. The van der Waals surface area contributed by atoms with Gasteiger partial charge in [0.25, 0.3) is 10.0 Å². The highest BCUT2D eigenvalue weighted by molar-refractivity contribution is 7.92. The van der Waals surface area contributed by atoms with E-state index in [0.717, 1.165) is 32.3 Å². The van der Waals surface area contributed by atoms with Crippen molar-refractivity contribution in [3.63, 3.8) is 0 Å². The fraction of sp³-hybridized carbons (Fsp3) is 0.321. The summed E-state index contributed by atoms with van der Waals surface area (Å²) in [5, 5.41) is 2.88. The number of benzene rings is 3. The van der Waals surface area contributed by atoms with Gasteiger partial charge in [-0.3, -0.25) is 9.10 Å². The van der Waals surface area contributed by atoms with Crippen molar-refractivity contribution in [2.45, 2.75) is 51.5 Å². The standard InChI is InChI=1S/C28H33FN2O4S/c1-18(2)23-16-24(20(4)15-27(23)35-6)21(5)30-28(32)17-31(26-10-8-7-9-25(26)29)36(33,34)22-13-11-19(3)12-14-22/h7-16,18,21H,17H2,1-6H3,(H,30,32)/t21-/m0/s1. The molecule has 0 bridgehead atoms. The van der Waals surface area contributed by atoms with E-state index in [9.17, 15) is 17.6 Å². The van der Waals surface area contributed by atoms with Gasteiger partial charge >= 0.3 is 0 Å². The van der Waals surface area contributed by atoms with E-state index in [1.807, 2.05) is 32.9 Å². The number of nitrogens with zero attached hydrogens (tertiary/aromatic N) is 1. The average Bonchev–Trinajstić information content (AvgIpc) is 2.82. The molecule has 0 aromatic heterocycles. The maximum absolute atomic E-state index is 14.7. The molecule has 0 saturated carbocycles. The van der Waals surface area contributed by atoms with E-state index in [1.165, 1.54) is 36.4 Å². The number of halogens is 1. The van der Waals surface area contributed by atoms with Gasteiger partial charge < -0.3 is 10.1 Å². The normalized spacial score (nSPS) is 12.3. The zero-order valence-corrected chi connectivity index (χ0v) is 22.3. The predicted octanol–water partition coefficient (Wildman–Crippen LogP) is 5.65. The van der Waals surface area contributed by atoms with Gasteiger partial charge in [0.1, 0.15) is 18.1 Å². The molecule has 3 rings (SSSR count). The van der Waals surface area contributed by atoms with Crippen molar-refractivity contribution in [3.8, 4) is 5.75 Å². The minimum absolute atomic E-state index is 0.0234. The van der Waals surface area contributed by atoms with Crippen LogP contribution in [0.25, 0.3) is 0 Å². The summed E-state index contributed by atoms with van der Waals surface area (Å²) in [4.78, 5) is 13.1. The Kier molecular flexibility index (Phi) is 8.40. The van der Waals surface area contributed by atoms with E-state index in [1.54, 1.807) is 19.2 Å². The lowest BCUT2D eigenvalue weighted by molar-refractivity contribution is -0.120. The van der Waals surface area contributed by atoms with Crippen LogP contribution in [0.3, 0.4) is 0 Å². The van der Waals surface area contributed by atoms with Crippen LogP contribution in [0.1, 0.15) is 55.0 Å². The number of hydrogen-bond donors (Lipinski definition) is 1. The molecule has 36 heavy (non-hydrogen) atoms. The Bertz CT molecular complexity index is 1340. The van der Waals surface area contributed by atoms with Crippen LogP contribution in [-0.2, 0) is 14.8 Å². The zero-order chi connectivity index (χ0) is 26.6. The van der Waals surface area contributed by atoms with Crippen molar-refractivity contribution in [2.75, 3.05) is 18.0 Å². The van der Waals surface area contributed by atoms with Gasteiger partial charge in [0.15, 0.2) is 0 Å². The lowest BCUT2D eigenvalue weighted by Gasteiger charge is -2.26. The van der Waals surface area contributed by atoms with Crippen LogP contribution in [0.15, 0.2) is 65.6 Å². The van der Waals surface area contributed by atoms with Gasteiger partial charge in [-0.2, -0.15) is 0 Å². The first-order valence-corrected chi connectivity index (χ1v) is 13.2. The molecule has 0 saturated heterocycles. The Hall–Kier alpha value is -3.39. The summed E-state index contributed by atoms with van der Waals surface area (Å²) in [6, 6.07) is 15.3. The molecule has 0 aliphatic carbocycles. The highest BCUT2D eigenvalue weighted by Gasteiger charge is 2.29. The third-order valence-electron chi connectivity index (χ3n) is 6.10. The van der Waals surface area contributed by atoms with Gasteiger partial charge in [-0.25, -0.2) is 12.8 Å². The third-order valence-corrected chi connectivity index (χ3v) is 7.88. The smallest absolute Gasteiger partial charge is 0.264 e. The van der Waals surface area contributed by atoms with E-state index < -0.39 is 34.3 Å². The van der Waals surface area contributed by atoms with E-state index in [-0.39, 0.29) is 16.5 Å². The maximum atomic E-state index is 14.7. The number of hydrogen-bond acceptors (Lipinski definition) is 4. The van der Waals surface area contributed by atoms with E-state index in [4.69, 9.17) is 4.74 Å². The maximum Gasteiger partial charge on any atom is 0.264 e. The Morgan fingerprint density at radius 1 is 1.00 bits per heavy atom. The number of ether oxygens (including phenoxy) is 1. The Morgan fingerprint density at radius 2 is 1.64 bits per heavy atom. The van der Waals surface area contributed by atoms with Crippen molar-refractivity contribution in [3.05, 3.63) is 88.7 Å². The quantitative estimate of drug-likeness (QED) is 0.402. The molecule has 0 aliphatic heterocycles. The Balaban J connectivity index is 1.93. The van der Waals surface area contributed by atoms with Gasteiger partial charge in [0.05, 0.1) is 23.7 Å². The van der Waals surface area contributed by atoms with Crippen LogP contribution < -0.4 is 14.4 Å². The third kappa shape index (κ3) is 5.87. The average molecular weight is 513 g/mol. The van der Waals surface area contributed by atoms with Crippen LogP contribution >= 0.6 is 0 Å². The van der Waals surface area contributed by atoms with Gasteiger partial charge in [0.2, 0.25) is 5.91 Å². The van der Waals surface area contributed by atoms with Gasteiger partial charge in [-0.1, -0.05) is 43.7 Å². The molecule has 1 N–H and O–H groups in total. The number of rotatable bonds is 9. The van der Waals surface area contributed by atoms with Crippen LogP contribution in [0.2, 0.25) is 0 Å².